The maximum Gasteiger partial charge on any atom is 0.224 e. The van der Waals surface area contributed by atoms with Crippen molar-refractivity contribution in [2.45, 2.75) is 25.3 Å². The van der Waals surface area contributed by atoms with Gasteiger partial charge in [-0.2, -0.15) is 0 Å². The highest BCUT2D eigenvalue weighted by molar-refractivity contribution is 5.88. The van der Waals surface area contributed by atoms with Gasteiger partial charge in [-0.15, -0.1) is 0 Å². The maximum absolute atomic E-state index is 13.4. The third kappa shape index (κ3) is 3.57. The normalized spacial score (nSPS) is 15.3. The van der Waals surface area contributed by atoms with Gasteiger partial charge in [-0.25, -0.2) is 4.39 Å². The number of H-pyrrole nitrogens is 1. The number of nitrogens with zero attached hydrogens (tertiary/aromatic N) is 1. The van der Waals surface area contributed by atoms with Crippen molar-refractivity contribution < 1.29 is 9.18 Å². The fraction of sp³-hybridized carbons (Fsp3) is 0.286. The lowest BCUT2D eigenvalue weighted by atomic mass is 10.0. The summed E-state index contributed by atoms with van der Waals surface area (Å²) in [6.07, 6.45) is 4.04. The van der Waals surface area contributed by atoms with Crippen molar-refractivity contribution in [1.82, 2.24) is 10.3 Å². The predicted octanol–water partition coefficient (Wildman–Crippen LogP) is 3.63. The van der Waals surface area contributed by atoms with Crippen LogP contribution in [0.1, 0.15) is 18.4 Å². The second-order valence-electron chi connectivity index (χ2n) is 6.84. The Bertz CT molecular complexity index is 912. The average Bonchev–Trinajstić information content (AvgIpc) is 3.05. The number of carbonyl (C=O) groups is 1. The largest absolute Gasteiger partial charge is 0.371 e. The number of rotatable bonds is 4. The number of anilines is 1. The lowest BCUT2D eigenvalue weighted by Crippen LogP contribution is -2.45. The van der Waals surface area contributed by atoms with Gasteiger partial charge in [-0.3, -0.25) is 4.79 Å². The third-order valence-electron chi connectivity index (χ3n) is 5.06. The maximum atomic E-state index is 13.4. The molecule has 4 nitrogen and oxygen atoms in total. The van der Waals surface area contributed by atoms with E-state index in [1.54, 1.807) is 12.1 Å². The summed E-state index contributed by atoms with van der Waals surface area (Å²) >= 11 is 0. The number of halogens is 1. The molecule has 1 saturated heterocycles. The number of amides is 1. The summed E-state index contributed by atoms with van der Waals surface area (Å²) in [7, 11) is 0. The van der Waals surface area contributed by atoms with Crippen LogP contribution in [0.15, 0.2) is 54.7 Å². The summed E-state index contributed by atoms with van der Waals surface area (Å²) < 4.78 is 13.4. The van der Waals surface area contributed by atoms with E-state index in [0.717, 1.165) is 48.1 Å². The van der Waals surface area contributed by atoms with E-state index < -0.39 is 0 Å². The van der Waals surface area contributed by atoms with Gasteiger partial charge in [0.05, 0.1) is 6.42 Å². The van der Waals surface area contributed by atoms with Crippen molar-refractivity contribution in [2.24, 2.45) is 0 Å². The minimum Gasteiger partial charge on any atom is -0.371 e. The fourth-order valence-corrected chi connectivity index (χ4v) is 3.68. The smallest absolute Gasteiger partial charge is 0.224 e. The number of carbonyl (C=O) groups excluding carboxylic acids is 1. The van der Waals surface area contributed by atoms with E-state index in [4.69, 9.17) is 0 Å². The number of aromatic amines is 1. The fourth-order valence-electron chi connectivity index (χ4n) is 3.68. The first-order valence-electron chi connectivity index (χ1n) is 9.04. The Balaban J connectivity index is 1.32. The molecule has 0 unspecified atom stereocenters. The Morgan fingerprint density at radius 2 is 1.96 bits per heavy atom. The first-order chi connectivity index (χ1) is 12.7. The molecule has 4 rings (SSSR count). The molecule has 2 aromatic carbocycles. The molecule has 2 N–H and O–H groups in total. The molecule has 1 fully saturated rings. The molecule has 1 aliphatic rings. The zero-order chi connectivity index (χ0) is 17.9. The number of aromatic nitrogens is 1. The number of piperidine rings is 1. The molecule has 0 bridgehead atoms. The van der Waals surface area contributed by atoms with E-state index in [0.29, 0.717) is 6.42 Å². The Morgan fingerprint density at radius 1 is 1.15 bits per heavy atom. The second kappa shape index (κ2) is 7.20. The first-order valence-corrected chi connectivity index (χ1v) is 9.04. The van der Waals surface area contributed by atoms with E-state index in [1.165, 1.54) is 6.07 Å². The molecule has 134 valence electrons. The molecule has 0 radical (unpaired) electrons. The van der Waals surface area contributed by atoms with Gasteiger partial charge >= 0.3 is 0 Å². The molecule has 0 spiro atoms. The van der Waals surface area contributed by atoms with E-state index >= 15 is 0 Å². The first kappa shape index (κ1) is 16.6. The molecular weight excluding hydrogens is 329 g/mol. The zero-order valence-corrected chi connectivity index (χ0v) is 14.5. The molecule has 2 heterocycles. The van der Waals surface area contributed by atoms with Gasteiger partial charge in [-0.1, -0.05) is 24.3 Å². The number of hydrogen-bond acceptors (Lipinski definition) is 2. The summed E-state index contributed by atoms with van der Waals surface area (Å²) in [6.45, 7) is 1.64. The van der Waals surface area contributed by atoms with Crippen molar-refractivity contribution in [3.05, 3.63) is 66.1 Å². The van der Waals surface area contributed by atoms with E-state index in [1.807, 2.05) is 36.5 Å². The van der Waals surface area contributed by atoms with Crippen LogP contribution in [0, 0.1) is 5.82 Å². The van der Waals surface area contributed by atoms with Crippen molar-refractivity contribution in [3.63, 3.8) is 0 Å². The van der Waals surface area contributed by atoms with Gasteiger partial charge in [-0.05, 0) is 42.7 Å². The van der Waals surface area contributed by atoms with Crippen LogP contribution in [-0.2, 0) is 11.2 Å². The predicted molar refractivity (Wildman–Crippen MR) is 102 cm³/mol. The van der Waals surface area contributed by atoms with E-state index in [-0.39, 0.29) is 17.8 Å². The van der Waals surface area contributed by atoms with Crippen molar-refractivity contribution in [2.75, 3.05) is 18.0 Å². The third-order valence-corrected chi connectivity index (χ3v) is 5.06. The van der Waals surface area contributed by atoms with Crippen LogP contribution in [-0.4, -0.2) is 30.0 Å². The van der Waals surface area contributed by atoms with Crippen LogP contribution in [0.3, 0.4) is 0 Å². The summed E-state index contributed by atoms with van der Waals surface area (Å²) in [4.78, 5) is 17.8. The van der Waals surface area contributed by atoms with Gasteiger partial charge in [0.15, 0.2) is 0 Å². The van der Waals surface area contributed by atoms with Gasteiger partial charge in [0, 0.05) is 41.9 Å². The standard InChI is InChI=1S/C21H22FN3O/c22-16-4-3-5-18(13-16)25-10-8-17(9-11-25)24-21(26)12-15-14-23-20-7-2-1-6-19(15)20/h1-7,13-14,17,23H,8-12H2,(H,24,26). The van der Waals surface area contributed by atoms with Crippen LogP contribution in [0.25, 0.3) is 10.9 Å². The van der Waals surface area contributed by atoms with E-state index in [2.05, 4.69) is 15.2 Å². The van der Waals surface area contributed by atoms with Crippen LogP contribution in [0.2, 0.25) is 0 Å². The molecule has 1 amide bonds. The zero-order valence-electron chi connectivity index (χ0n) is 14.5. The second-order valence-corrected chi connectivity index (χ2v) is 6.84. The van der Waals surface area contributed by atoms with Gasteiger partial charge in [0.2, 0.25) is 5.91 Å². The Labute approximate surface area is 152 Å². The van der Waals surface area contributed by atoms with Gasteiger partial charge in [0.25, 0.3) is 0 Å². The Hall–Kier alpha value is -2.82. The molecule has 0 aliphatic carbocycles. The van der Waals surface area contributed by atoms with Crippen molar-refractivity contribution in [1.29, 1.82) is 0 Å². The summed E-state index contributed by atoms with van der Waals surface area (Å²) in [5.74, 6) is -0.157. The monoisotopic (exact) mass is 351 g/mol. The van der Waals surface area contributed by atoms with Crippen LogP contribution < -0.4 is 10.2 Å². The lowest BCUT2D eigenvalue weighted by molar-refractivity contribution is -0.121. The van der Waals surface area contributed by atoms with E-state index in [9.17, 15) is 9.18 Å². The summed E-state index contributed by atoms with van der Waals surface area (Å²) in [6, 6.07) is 14.9. The molecular formula is C21H22FN3O. The Morgan fingerprint density at radius 3 is 2.77 bits per heavy atom. The number of fused-ring (bicyclic) bond motifs is 1. The Kier molecular flexibility index (Phi) is 4.61. The van der Waals surface area contributed by atoms with Crippen LogP contribution >= 0.6 is 0 Å². The lowest BCUT2D eigenvalue weighted by Gasteiger charge is -2.34. The number of hydrogen-bond donors (Lipinski definition) is 2. The SMILES string of the molecule is O=C(Cc1c[nH]c2ccccc12)NC1CCN(c2cccc(F)c2)CC1. The molecule has 0 saturated carbocycles. The average molecular weight is 351 g/mol. The van der Waals surface area contributed by atoms with Gasteiger partial charge < -0.3 is 15.2 Å². The van der Waals surface area contributed by atoms with Crippen LogP contribution in [0.4, 0.5) is 10.1 Å². The highest BCUT2D eigenvalue weighted by Crippen LogP contribution is 2.21. The number of benzene rings is 2. The topological polar surface area (TPSA) is 48.1 Å². The molecule has 3 aromatic rings. The molecule has 1 aromatic heterocycles. The molecule has 5 heteroatoms. The van der Waals surface area contributed by atoms with Crippen molar-refractivity contribution >= 4 is 22.5 Å². The number of para-hydroxylation sites is 1. The van der Waals surface area contributed by atoms with Crippen molar-refractivity contribution in [3.8, 4) is 0 Å². The highest BCUT2D eigenvalue weighted by Gasteiger charge is 2.21. The number of nitrogens with one attached hydrogen (secondary N) is 2. The van der Waals surface area contributed by atoms with Crippen LogP contribution in [0.5, 0.6) is 0 Å². The summed E-state index contributed by atoms with van der Waals surface area (Å²) in [5, 5.41) is 4.25. The highest BCUT2D eigenvalue weighted by atomic mass is 19.1. The minimum atomic E-state index is -0.211. The molecule has 0 atom stereocenters. The molecule has 1 aliphatic heterocycles. The quantitative estimate of drug-likeness (QED) is 0.754. The minimum absolute atomic E-state index is 0.0546. The van der Waals surface area contributed by atoms with Gasteiger partial charge in [0.1, 0.15) is 5.82 Å². The summed E-state index contributed by atoms with van der Waals surface area (Å²) in [5.41, 5.74) is 2.99. The molecule has 26 heavy (non-hydrogen) atoms.